The van der Waals surface area contributed by atoms with Crippen molar-refractivity contribution in [2.24, 2.45) is 5.16 Å². The number of methoxy groups -OCH3 is 2. The number of ether oxygens (including phenoxy) is 2. The van der Waals surface area contributed by atoms with Crippen molar-refractivity contribution in [3.63, 3.8) is 0 Å². The van der Waals surface area contributed by atoms with Crippen molar-refractivity contribution >= 4 is 22.5 Å². The van der Waals surface area contributed by atoms with Crippen LogP contribution in [0.2, 0.25) is 0 Å². The minimum absolute atomic E-state index is 0.366. The highest BCUT2D eigenvalue weighted by Crippen LogP contribution is 2.35. The van der Waals surface area contributed by atoms with Gasteiger partial charge in [0.2, 0.25) is 5.75 Å². The molecule has 118 valence electrons. The third kappa shape index (κ3) is 2.78. The molecule has 0 fully saturated rings. The molecule has 1 aromatic heterocycles. The Bertz CT molecular complexity index is 888. The van der Waals surface area contributed by atoms with Gasteiger partial charge in [0.1, 0.15) is 5.36 Å². The van der Waals surface area contributed by atoms with E-state index in [1.165, 1.54) is 7.11 Å². The van der Waals surface area contributed by atoms with Gasteiger partial charge in [-0.1, -0.05) is 23.4 Å². The Labute approximate surface area is 132 Å². The first kappa shape index (κ1) is 14.8. The van der Waals surface area contributed by atoms with Crippen molar-refractivity contribution in [2.75, 3.05) is 19.5 Å². The quantitative estimate of drug-likeness (QED) is 0.570. The highest BCUT2D eigenvalue weighted by molar-refractivity contribution is 5.86. The summed E-state index contributed by atoms with van der Waals surface area (Å²) in [7, 11) is 3.08. The topological polar surface area (TPSA) is 76.2 Å². The van der Waals surface area contributed by atoms with Crippen LogP contribution in [0.25, 0.3) is 11.0 Å². The molecular weight excluding hydrogens is 296 g/mol. The monoisotopic (exact) mass is 312 g/mol. The number of anilines is 2. The second kappa shape index (κ2) is 6.31. The van der Waals surface area contributed by atoms with E-state index in [1.54, 1.807) is 25.3 Å². The predicted octanol–water partition coefficient (Wildman–Crippen LogP) is 3.48. The highest BCUT2D eigenvalue weighted by Gasteiger charge is 2.14. The maximum Gasteiger partial charge on any atom is 0.204 e. The van der Waals surface area contributed by atoms with E-state index in [0.717, 1.165) is 5.69 Å². The average molecular weight is 312 g/mol. The molecule has 0 bridgehead atoms. The molecule has 2 N–H and O–H groups in total. The van der Waals surface area contributed by atoms with Gasteiger partial charge in [0.15, 0.2) is 17.2 Å². The number of benzene rings is 2. The summed E-state index contributed by atoms with van der Waals surface area (Å²) in [5, 5.41) is 16.7. The van der Waals surface area contributed by atoms with Crippen LogP contribution in [0.4, 0.5) is 11.6 Å². The van der Waals surface area contributed by atoms with Gasteiger partial charge in [0, 0.05) is 11.8 Å². The molecule has 1 heterocycles. The summed E-state index contributed by atoms with van der Waals surface area (Å²) in [6, 6.07) is 14.6. The Morgan fingerprint density at radius 2 is 1.83 bits per heavy atom. The maximum absolute atomic E-state index is 9.30. The second-order valence-corrected chi connectivity index (χ2v) is 4.76. The number of para-hydroxylation sites is 1. The summed E-state index contributed by atoms with van der Waals surface area (Å²) >= 11 is 0. The van der Waals surface area contributed by atoms with Crippen LogP contribution in [-0.2, 0) is 0 Å². The molecule has 0 spiro atoms. The lowest BCUT2D eigenvalue weighted by molar-refractivity contribution is 0.302. The van der Waals surface area contributed by atoms with E-state index in [2.05, 4.69) is 10.5 Å². The van der Waals surface area contributed by atoms with Crippen LogP contribution in [0.3, 0.4) is 0 Å². The van der Waals surface area contributed by atoms with Gasteiger partial charge < -0.3 is 24.4 Å². The van der Waals surface area contributed by atoms with Gasteiger partial charge in [0.05, 0.1) is 19.6 Å². The van der Waals surface area contributed by atoms with E-state index < -0.39 is 0 Å². The summed E-state index contributed by atoms with van der Waals surface area (Å²) in [4.78, 5) is 0. The van der Waals surface area contributed by atoms with Gasteiger partial charge in [-0.05, 0) is 24.3 Å². The molecule has 0 aliphatic rings. The first-order valence-corrected chi connectivity index (χ1v) is 6.96. The Morgan fingerprint density at radius 3 is 2.48 bits per heavy atom. The zero-order chi connectivity index (χ0) is 16.2. The zero-order valence-electron chi connectivity index (χ0n) is 12.7. The second-order valence-electron chi connectivity index (χ2n) is 4.76. The van der Waals surface area contributed by atoms with Crippen molar-refractivity contribution in [2.45, 2.75) is 0 Å². The van der Waals surface area contributed by atoms with Gasteiger partial charge in [-0.3, -0.25) is 0 Å². The van der Waals surface area contributed by atoms with Crippen molar-refractivity contribution in [1.82, 2.24) is 0 Å². The first-order chi connectivity index (χ1) is 11.3. The Kier molecular flexibility index (Phi) is 4.05. The highest BCUT2D eigenvalue weighted by atomic mass is 16.5. The molecule has 0 atom stereocenters. The number of hydrogen-bond acceptors (Lipinski definition) is 6. The number of nitrogens with one attached hydrogen (secondary N) is 1. The Morgan fingerprint density at radius 1 is 1.04 bits per heavy atom. The van der Waals surface area contributed by atoms with Crippen molar-refractivity contribution in [1.29, 1.82) is 0 Å². The van der Waals surface area contributed by atoms with Crippen molar-refractivity contribution < 1.29 is 19.1 Å². The molecule has 0 aliphatic carbocycles. The number of hydrogen-bond donors (Lipinski definition) is 2. The van der Waals surface area contributed by atoms with E-state index in [4.69, 9.17) is 13.9 Å². The lowest BCUT2D eigenvalue weighted by atomic mass is 10.2. The van der Waals surface area contributed by atoms with Crippen LogP contribution in [0, 0.1) is 0 Å². The summed E-state index contributed by atoms with van der Waals surface area (Å²) in [6.07, 6.45) is 0. The lowest BCUT2D eigenvalue weighted by Gasteiger charge is -2.12. The number of fused-ring (bicyclic) bond motifs is 1. The standard InChI is InChI=1S/C17H16N2O4/c1-21-14-9-8-12-13(19-20)10-15(23-16(12)17(14)22-2)18-11-6-4-3-5-7-11/h3-10,18,20H,1-2H3/b19-13-. The molecule has 6 heteroatoms. The van der Waals surface area contributed by atoms with Crippen LogP contribution in [-0.4, -0.2) is 19.4 Å². The SMILES string of the molecule is COc1ccc2/c(=N\O)cc(Nc3ccccc3)oc2c1OC. The largest absolute Gasteiger partial charge is 0.493 e. The minimum Gasteiger partial charge on any atom is -0.493 e. The van der Waals surface area contributed by atoms with Crippen LogP contribution in [0.15, 0.2) is 58.1 Å². The molecule has 0 saturated heterocycles. The zero-order valence-corrected chi connectivity index (χ0v) is 12.7. The molecule has 2 aromatic carbocycles. The summed E-state index contributed by atoms with van der Waals surface area (Å²) in [5.74, 6) is 1.39. The van der Waals surface area contributed by atoms with E-state index >= 15 is 0 Å². The van der Waals surface area contributed by atoms with Crippen LogP contribution in [0.5, 0.6) is 11.5 Å². The molecule has 23 heavy (non-hydrogen) atoms. The molecule has 6 nitrogen and oxygen atoms in total. The van der Waals surface area contributed by atoms with Crippen molar-refractivity contribution in [3.05, 3.63) is 53.9 Å². The van der Waals surface area contributed by atoms with Gasteiger partial charge in [-0.2, -0.15) is 0 Å². The third-order valence-corrected chi connectivity index (χ3v) is 3.40. The van der Waals surface area contributed by atoms with Gasteiger partial charge in [-0.15, -0.1) is 0 Å². The fraction of sp³-hybridized carbons (Fsp3) is 0.118. The maximum atomic E-state index is 9.30. The predicted molar refractivity (Wildman–Crippen MR) is 86.4 cm³/mol. The molecule has 0 radical (unpaired) electrons. The Balaban J connectivity index is 2.21. The van der Waals surface area contributed by atoms with E-state index in [9.17, 15) is 5.21 Å². The van der Waals surface area contributed by atoms with Crippen LogP contribution in [0.1, 0.15) is 0 Å². The van der Waals surface area contributed by atoms with E-state index in [1.807, 2.05) is 30.3 Å². The van der Waals surface area contributed by atoms with Crippen LogP contribution >= 0.6 is 0 Å². The third-order valence-electron chi connectivity index (χ3n) is 3.40. The van der Waals surface area contributed by atoms with Crippen LogP contribution < -0.4 is 20.1 Å². The average Bonchev–Trinajstić information content (AvgIpc) is 2.60. The van der Waals surface area contributed by atoms with Gasteiger partial charge >= 0.3 is 0 Å². The number of nitrogens with zero attached hydrogens (tertiary/aromatic N) is 1. The molecule has 0 amide bonds. The normalized spacial score (nSPS) is 11.5. The fourth-order valence-electron chi connectivity index (χ4n) is 2.35. The molecule has 3 aromatic rings. The minimum atomic E-state index is 0.366. The summed E-state index contributed by atoms with van der Waals surface area (Å²) in [6.45, 7) is 0. The fourth-order valence-corrected chi connectivity index (χ4v) is 2.35. The molecule has 0 unspecified atom stereocenters. The molecular formula is C17H16N2O4. The molecule has 0 saturated carbocycles. The summed E-state index contributed by atoms with van der Waals surface area (Å²) < 4.78 is 16.5. The first-order valence-electron chi connectivity index (χ1n) is 6.96. The molecule has 3 rings (SSSR count). The van der Waals surface area contributed by atoms with E-state index in [-0.39, 0.29) is 0 Å². The molecule has 0 aliphatic heterocycles. The Hall–Kier alpha value is -3.15. The van der Waals surface area contributed by atoms with E-state index in [0.29, 0.717) is 33.7 Å². The lowest BCUT2D eigenvalue weighted by Crippen LogP contribution is -2.06. The summed E-state index contributed by atoms with van der Waals surface area (Å²) in [5.41, 5.74) is 1.28. The van der Waals surface area contributed by atoms with Gasteiger partial charge in [0.25, 0.3) is 0 Å². The smallest absolute Gasteiger partial charge is 0.204 e. The number of rotatable bonds is 4. The van der Waals surface area contributed by atoms with Crippen molar-refractivity contribution in [3.8, 4) is 11.5 Å². The van der Waals surface area contributed by atoms with Gasteiger partial charge in [-0.25, -0.2) is 0 Å².